The molecule has 0 spiro atoms. The third kappa shape index (κ3) is 1.92. The fraction of sp³-hybridized carbons (Fsp3) is 0.143. The molecule has 0 fully saturated rings. The second-order valence-electron chi connectivity index (χ2n) is 6.19. The average molecular weight is 411 g/mol. The lowest BCUT2D eigenvalue weighted by atomic mass is 9.67. The van der Waals surface area contributed by atoms with Crippen molar-refractivity contribution in [2.24, 2.45) is 0 Å². The molecule has 0 nitrogen and oxygen atoms in total. The second-order valence-corrected chi connectivity index (χ2v) is 10.0. The topological polar surface area (TPSA) is 0 Å². The Labute approximate surface area is 158 Å². The zero-order valence-electron chi connectivity index (χ0n) is 12.9. The predicted octanol–water partition coefficient (Wildman–Crippen LogP) is 6.67. The number of hydrogen-bond donors (Lipinski definition) is 0. The molecule has 0 bridgehead atoms. The van der Waals surface area contributed by atoms with Crippen molar-refractivity contribution < 1.29 is 0 Å². The number of benzene rings is 2. The second kappa shape index (κ2) is 5.62. The highest BCUT2D eigenvalue weighted by Gasteiger charge is 2.51. The lowest BCUT2D eigenvalue weighted by molar-refractivity contribution is 0.717. The van der Waals surface area contributed by atoms with E-state index in [0.717, 1.165) is 6.42 Å². The van der Waals surface area contributed by atoms with Crippen molar-refractivity contribution in [2.75, 3.05) is 0 Å². The molecule has 5 rings (SSSR count). The van der Waals surface area contributed by atoms with E-state index in [0.29, 0.717) is 4.16 Å². The van der Waals surface area contributed by atoms with Gasteiger partial charge in [0, 0.05) is 9.78 Å². The minimum atomic E-state index is -0.136. The van der Waals surface area contributed by atoms with Gasteiger partial charge in [0.15, 0.2) is 0 Å². The Bertz CT molecular complexity index is 885. The van der Waals surface area contributed by atoms with Gasteiger partial charge < -0.3 is 0 Å². The van der Waals surface area contributed by atoms with Gasteiger partial charge in [0.2, 0.25) is 0 Å². The SMILES string of the molecule is BrC1CC2=C(S1)c1sccc1C2(c1ccccc1)c1ccccc1. The minimum Gasteiger partial charge on any atom is -0.143 e. The van der Waals surface area contributed by atoms with Crippen LogP contribution in [0.1, 0.15) is 28.0 Å². The molecular formula is C21H15BrS2. The van der Waals surface area contributed by atoms with E-state index < -0.39 is 0 Å². The Morgan fingerprint density at radius 1 is 0.875 bits per heavy atom. The maximum atomic E-state index is 3.86. The molecule has 1 unspecified atom stereocenters. The molecule has 2 aromatic carbocycles. The monoisotopic (exact) mass is 410 g/mol. The van der Waals surface area contributed by atoms with Gasteiger partial charge in [-0.25, -0.2) is 0 Å². The number of halogens is 1. The fourth-order valence-electron chi connectivity index (χ4n) is 4.15. The third-order valence-electron chi connectivity index (χ3n) is 5.03. The van der Waals surface area contributed by atoms with Crippen LogP contribution in [0.15, 0.2) is 77.7 Å². The summed E-state index contributed by atoms with van der Waals surface area (Å²) in [6, 6.07) is 24.4. The van der Waals surface area contributed by atoms with Gasteiger partial charge in [-0.15, -0.1) is 23.1 Å². The van der Waals surface area contributed by atoms with Crippen molar-refractivity contribution in [3.63, 3.8) is 0 Å². The van der Waals surface area contributed by atoms with Gasteiger partial charge in [0.25, 0.3) is 0 Å². The van der Waals surface area contributed by atoms with Crippen molar-refractivity contribution in [2.45, 2.75) is 16.0 Å². The summed E-state index contributed by atoms with van der Waals surface area (Å²) in [5.74, 6) is 0. The number of alkyl halides is 1. The predicted molar refractivity (Wildman–Crippen MR) is 109 cm³/mol. The van der Waals surface area contributed by atoms with Gasteiger partial charge >= 0.3 is 0 Å². The van der Waals surface area contributed by atoms with Gasteiger partial charge in [-0.1, -0.05) is 76.6 Å². The van der Waals surface area contributed by atoms with Crippen LogP contribution in [0, 0.1) is 0 Å². The highest BCUT2D eigenvalue weighted by atomic mass is 79.9. The van der Waals surface area contributed by atoms with Crippen molar-refractivity contribution in [3.05, 3.63) is 99.3 Å². The lowest BCUT2D eigenvalue weighted by Crippen LogP contribution is -2.29. The number of fused-ring (bicyclic) bond motifs is 2. The largest absolute Gasteiger partial charge is 0.143 e. The van der Waals surface area contributed by atoms with Gasteiger partial charge in [-0.05, 0) is 40.1 Å². The molecule has 2 aliphatic rings. The maximum absolute atomic E-state index is 3.86. The first kappa shape index (κ1) is 15.0. The summed E-state index contributed by atoms with van der Waals surface area (Å²) in [5, 5.41) is 2.25. The fourth-order valence-corrected chi connectivity index (χ4v) is 7.35. The Morgan fingerprint density at radius 2 is 1.50 bits per heavy atom. The summed E-state index contributed by atoms with van der Waals surface area (Å²) >= 11 is 7.72. The molecule has 0 amide bonds. The summed E-state index contributed by atoms with van der Waals surface area (Å²) in [5.41, 5.74) is 5.64. The van der Waals surface area contributed by atoms with E-state index in [9.17, 15) is 0 Å². The number of allylic oxidation sites excluding steroid dienone is 1. The minimum absolute atomic E-state index is 0.136. The first-order valence-corrected chi connectivity index (χ1v) is 10.7. The lowest BCUT2D eigenvalue weighted by Gasteiger charge is -2.34. The van der Waals surface area contributed by atoms with E-state index in [2.05, 4.69) is 88.0 Å². The quantitative estimate of drug-likeness (QED) is 0.425. The molecule has 3 aromatic rings. The van der Waals surface area contributed by atoms with Crippen LogP contribution in [-0.2, 0) is 5.41 Å². The Balaban J connectivity index is 1.89. The van der Waals surface area contributed by atoms with Gasteiger partial charge in [-0.2, -0.15) is 0 Å². The van der Waals surface area contributed by atoms with Crippen molar-refractivity contribution in [1.29, 1.82) is 0 Å². The van der Waals surface area contributed by atoms with Gasteiger partial charge in [0.05, 0.1) is 9.57 Å². The third-order valence-corrected chi connectivity index (χ3v) is 8.08. The van der Waals surface area contributed by atoms with E-state index in [1.807, 2.05) is 23.1 Å². The zero-order valence-corrected chi connectivity index (χ0v) is 16.1. The summed E-state index contributed by atoms with van der Waals surface area (Å²) in [6.45, 7) is 0. The number of thiophene rings is 1. The average Bonchev–Trinajstić information content (AvgIpc) is 3.29. The number of hydrogen-bond acceptors (Lipinski definition) is 2. The van der Waals surface area contributed by atoms with Crippen LogP contribution in [-0.4, -0.2) is 4.16 Å². The molecule has 1 atom stereocenters. The Hall–Kier alpha value is -1.29. The Kier molecular flexibility index (Phi) is 3.51. The van der Waals surface area contributed by atoms with Crippen LogP contribution in [0.4, 0.5) is 0 Å². The first-order chi connectivity index (χ1) is 11.8. The molecule has 0 N–H and O–H groups in total. The number of thioether (sulfide) groups is 1. The molecule has 1 aliphatic heterocycles. The standard InChI is InChI=1S/C21H15BrS2/c22-18-13-17-20(24-18)19-16(11-12-23-19)21(17,14-7-3-1-4-8-14)15-9-5-2-6-10-15/h1-12,18H,13H2. The highest BCUT2D eigenvalue weighted by molar-refractivity contribution is 9.11. The van der Waals surface area contributed by atoms with Crippen LogP contribution in [0.25, 0.3) is 4.91 Å². The van der Waals surface area contributed by atoms with Crippen LogP contribution in [0.3, 0.4) is 0 Å². The highest BCUT2D eigenvalue weighted by Crippen LogP contribution is 2.64. The molecule has 0 saturated carbocycles. The van der Waals surface area contributed by atoms with E-state index >= 15 is 0 Å². The van der Waals surface area contributed by atoms with Gasteiger partial charge in [-0.3, -0.25) is 0 Å². The normalized spacial score (nSPS) is 21.0. The van der Waals surface area contributed by atoms with Crippen LogP contribution >= 0.6 is 39.0 Å². The van der Waals surface area contributed by atoms with Crippen molar-refractivity contribution in [1.82, 2.24) is 0 Å². The van der Waals surface area contributed by atoms with Crippen LogP contribution < -0.4 is 0 Å². The van der Waals surface area contributed by atoms with Crippen LogP contribution in [0.2, 0.25) is 0 Å². The molecular weight excluding hydrogens is 396 g/mol. The van der Waals surface area contributed by atoms with E-state index in [-0.39, 0.29) is 5.41 Å². The van der Waals surface area contributed by atoms with Crippen molar-refractivity contribution in [3.8, 4) is 0 Å². The first-order valence-electron chi connectivity index (χ1n) is 8.05. The molecule has 24 heavy (non-hydrogen) atoms. The van der Waals surface area contributed by atoms with E-state index in [4.69, 9.17) is 0 Å². The summed E-state index contributed by atoms with van der Waals surface area (Å²) in [4.78, 5) is 2.96. The molecule has 0 radical (unpaired) electrons. The van der Waals surface area contributed by atoms with E-state index in [1.165, 1.54) is 26.5 Å². The molecule has 3 heteroatoms. The van der Waals surface area contributed by atoms with Crippen molar-refractivity contribution >= 4 is 43.9 Å². The summed E-state index contributed by atoms with van der Waals surface area (Å²) < 4.78 is 0.476. The Morgan fingerprint density at radius 3 is 2.12 bits per heavy atom. The van der Waals surface area contributed by atoms with Gasteiger partial charge in [0.1, 0.15) is 0 Å². The smallest absolute Gasteiger partial charge is 0.0690 e. The zero-order chi connectivity index (χ0) is 16.1. The summed E-state index contributed by atoms with van der Waals surface area (Å²) in [6.07, 6.45) is 1.09. The molecule has 118 valence electrons. The number of rotatable bonds is 2. The molecule has 1 aliphatic carbocycles. The maximum Gasteiger partial charge on any atom is 0.0690 e. The molecule has 1 aromatic heterocycles. The van der Waals surface area contributed by atoms with Crippen LogP contribution in [0.5, 0.6) is 0 Å². The summed E-state index contributed by atoms with van der Waals surface area (Å²) in [7, 11) is 0. The molecule has 0 saturated heterocycles. The molecule has 2 heterocycles. The van der Waals surface area contributed by atoms with E-state index in [1.54, 1.807) is 5.57 Å².